The maximum Gasteiger partial charge on any atom is 0.410 e. The number of halogens is 4. The minimum absolute atomic E-state index is 0.00312. The molecular weight excluding hydrogens is 409 g/mol. The lowest BCUT2D eigenvalue weighted by Crippen LogP contribution is -2.36. The summed E-state index contributed by atoms with van der Waals surface area (Å²) in [6, 6.07) is 7.55. The zero-order valence-electron chi connectivity index (χ0n) is 14.9. The van der Waals surface area contributed by atoms with Crippen LogP contribution in [0.15, 0.2) is 53.3 Å². The molecule has 6 nitrogen and oxygen atoms in total. The molecule has 0 bridgehead atoms. The first-order chi connectivity index (χ1) is 13.8. The quantitative estimate of drug-likeness (QED) is 0.635. The van der Waals surface area contributed by atoms with Gasteiger partial charge in [0.25, 0.3) is 5.91 Å². The second-order valence-corrected chi connectivity index (χ2v) is 7.04. The van der Waals surface area contributed by atoms with Gasteiger partial charge in [0.05, 0.1) is 18.5 Å². The second kappa shape index (κ2) is 7.47. The zero-order valence-corrected chi connectivity index (χ0v) is 15.7. The van der Waals surface area contributed by atoms with Crippen molar-refractivity contribution in [2.45, 2.75) is 31.2 Å². The van der Waals surface area contributed by atoms with Gasteiger partial charge in [0.2, 0.25) is 0 Å². The third-order valence-electron chi connectivity index (χ3n) is 4.77. The fraction of sp³-hybridized carbons (Fsp3) is 0.263. The SMILES string of the molecule is O=C(NCc1ccccc1Cl)c1cnn2c1N[C@H](c1ccco1)C[C@@H]2C(F)(F)F. The predicted molar refractivity (Wildman–Crippen MR) is 99.6 cm³/mol. The average Bonchev–Trinajstić information content (AvgIpc) is 3.35. The van der Waals surface area contributed by atoms with Gasteiger partial charge in [0.15, 0.2) is 6.04 Å². The highest BCUT2D eigenvalue weighted by atomic mass is 35.5. The minimum Gasteiger partial charge on any atom is -0.467 e. The summed E-state index contributed by atoms with van der Waals surface area (Å²) in [4.78, 5) is 12.7. The number of carbonyl (C=O) groups is 1. The number of fused-ring (bicyclic) bond motifs is 1. The number of hydrogen-bond donors (Lipinski definition) is 2. The maximum atomic E-state index is 13.6. The highest BCUT2D eigenvalue weighted by molar-refractivity contribution is 6.31. The summed E-state index contributed by atoms with van der Waals surface area (Å²) in [5.41, 5.74) is 0.709. The molecule has 2 N–H and O–H groups in total. The van der Waals surface area contributed by atoms with Crippen molar-refractivity contribution < 1.29 is 22.4 Å². The fourth-order valence-electron chi connectivity index (χ4n) is 3.32. The Bertz CT molecular complexity index is 1020. The Balaban J connectivity index is 1.61. The second-order valence-electron chi connectivity index (χ2n) is 6.63. The number of hydrogen-bond acceptors (Lipinski definition) is 4. The van der Waals surface area contributed by atoms with Crippen LogP contribution in [0.1, 0.15) is 40.2 Å². The molecular formula is C19H16ClF3N4O2. The molecule has 2 atom stereocenters. The maximum absolute atomic E-state index is 13.6. The van der Waals surface area contributed by atoms with Crippen molar-refractivity contribution in [3.8, 4) is 0 Å². The summed E-state index contributed by atoms with van der Waals surface area (Å²) >= 11 is 6.08. The number of aromatic nitrogens is 2. The number of nitrogens with one attached hydrogen (secondary N) is 2. The summed E-state index contributed by atoms with van der Waals surface area (Å²) in [6.07, 6.45) is -2.30. The number of amides is 1. The van der Waals surface area contributed by atoms with E-state index >= 15 is 0 Å². The summed E-state index contributed by atoms with van der Waals surface area (Å²) in [7, 11) is 0. The van der Waals surface area contributed by atoms with E-state index in [1.165, 1.54) is 6.26 Å². The Hall–Kier alpha value is -2.94. The molecule has 10 heteroatoms. The van der Waals surface area contributed by atoms with Crippen LogP contribution in [0.2, 0.25) is 5.02 Å². The molecule has 3 aromatic rings. The zero-order chi connectivity index (χ0) is 20.6. The van der Waals surface area contributed by atoms with Crippen LogP contribution in [0.4, 0.5) is 19.0 Å². The summed E-state index contributed by atoms with van der Waals surface area (Å²) in [6.45, 7) is 0.132. The van der Waals surface area contributed by atoms with E-state index in [1.807, 2.05) is 0 Å². The van der Waals surface area contributed by atoms with E-state index in [1.54, 1.807) is 36.4 Å². The topological polar surface area (TPSA) is 72.1 Å². The number of nitrogens with zero attached hydrogens (tertiary/aromatic N) is 2. The molecule has 4 rings (SSSR count). The molecule has 1 amide bonds. The van der Waals surface area contributed by atoms with Gasteiger partial charge in [-0.25, -0.2) is 4.68 Å². The van der Waals surface area contributed by atoms with E-state index in [9.17, 15) is 18.0 Å². The highest BCUT2D eigenvalue weighted by Gasteiger charge is 2.47. The Kier molecular flexibility index (Phi) is 4.99. The van der Waals surface area contributed by atoms with Crippen LogP contribution in [0, 0.1) is 0 Å². The molecule has 0 unspecified atom stereocenters. The molecule has 29 heavy (non-hydrogen) atoms. The van der Waals surface area contributed by atoms with Crippen molar-refractivity contribution in [1.82, 2.24) is 15.1 Å². The molecule has 1 aliphatic heterocycles. The first-order valence-electron chi connectivity index (χ1n) is 8.80. The van der Waals surface area contributed by atoms with E-state index in [0.717, 1.165) is 10.9 Å². The van der Waals surface area contributed by atoms with Crippen molar-refractivity contribution in [2.24, 2.45) is 0 Å². The number of anilines is 1. The van der Waals surface area contributed by atoms with Gasteiger partial charge in [0, 0.05) is 18.0 Å². The lowest BCUT2D eigenvalue weighted by atomic mass is 10.0. The highest BCUT2D eigenvalue weighted by Crippen LogP contribution is 2.44. The number of benzene rings is 1. The first-order valence-corrected chi connectivity index (χ1v) is 9.18. The minimum atomic E-state index is -4.53. The molecule has 0 radical (unpaired) electrons. The van der Waals surface area contributed by atoms with Crippen molar-refractivity contribution in [1.29, 1.82) is 0 Å². The van der Waals surface area contributed by atoms with Crippen LogP contribution in [0.3, 0.4) is 0 Å². The Morgan fingerprint density at radius 2 is 2.10 bits per heavy atom. The number of carbonyl (C=O) groups excluding carboxylic acids is 1. The summed E-state index contributed by atoms with van der Waals surface area (Å²) < 4.78 is 47.0. The Morgan fingerprint density at radius 3 is 2.79 bits per heavy atom. The molecule has 0 fully saturated rings. The van der Waals surface area contributed by atoms with Crippen molar-refractivity contribution in [3.63, 3.8) is 0 Å². The van der Waals surface area contributed by atoms with Gasteiger partial charge >= 0.3 is 6.18 Å². The molecule has 2 aromatic heterocycles. The Labute approximate surface area is 168 Å². The summed E-state index contributed by atoms with van der Waals surface area (Å²) in [5.74, 6) is -0.203. The van der Waals surface area contributed by atoms with Gasteiger partial charge < -0.3 is 15.1 Å². The average molecular weight is 425 g/mol. The molecule has 152 valence electrons. The summed E-state index contributed by atoms with van der Waals surface area (Å²) in [5, 5.41) is 9.95. The Morgan fingerprint density at radius 1 is 1.31 bits per heavy atom. The number of rotatable bonds is 4. The first kappa shape index (κ1) is 19.4. The normalized spacial score (nSPS) is 18.8. The smallest absolute Gasteiger partial charge is 0.410 e. The van der Waals surface area contributed by atoms with Crippen LogP contribution >= 0.6 is 11.6 Å². The van der Waals surface area contributed by atoms with E-state index in [4.69, 9.17) is 16.0 Å². The molecule has 0 saturated heterocycles. The van der Waals surface area contributed by atoms with Crippen LogP contribution in [0.25, 0.3) is 0 Å². The molecule has 1 aliphatic rings. The van der Waals surface area contributed by atoms with Crippen molar-refractivity contribution in [2.75, 3.05) is 5.32 Å². The fourth-order valence-corrected chi connectivity index (χ4v) is 3.52. The van der Waals surface area contributed by atoms with Gasteiger partial charge in [0.1, 0.15) is 17.1 Å². The van der Waals surface area contributed by atoms with Gasteiger partial charge in [-0.1, -0.05) is 29.8 Å². The molecule has 0 spiro atoms. The lowest BCUT2D eigenvalue weighted by molar-refractivity contribution is -0.174. The molecule has 0 aliphatic carbocycles. The predicted octanol–water partition coefficient (Wildman–Crippen LogP) is 4.72. The van der Waals surface area contributed by atoms with Crippen LogP contribution in [-0.4, -0.2) is 21.9 Å². The van der Waals surface area contributed by atoms with E-state index in [0.29, 0.717) is 16.3 Å². The van der Waals surface area contributed by atoms with E-state index in [2.05, 4.69) is 15.7 Å². The third kappa shape index (κ3) is 3.82. The van der Waals surface area contributed by atoms with Gasteiger partial charge in [-0.3, -0.25) is 4.79 Å². The monoisotopic (exact) mass is 424 g/mol. The van der Waals surface area contributed by atoms with Gasteiger partial charge in [-0.05, 0) is 23.8 Å². The standard InChI is InChI=1S/C19H16ClF3N4O2/c20-13-5-2-1-4-11(13)9-24-18(28)12-10-25-27-16(19(21,22)23)8-14(26-17(12)27)15-6-3-7-29-15/h1-7,10,14,16,26H,8-9H2,(H,24,28)/t14-,16+/m0/s1. The van der Waals surface area contributed by atoms with Crippen molar-refractivity contribution >= 4 is 23.3 Å². The molecule has 0 saturated carbocycles. The van der Waals surface area contributed by atoms with Crippen LogP contribution < -0.4 is 10.6 Å². The molecule has 1 aromatic carbocycles. The van der Waals surface area contributed by atoms with Crippen LogP contribution in [-0.2, 0) is 6.54 Å². The number of furan rings is 1. The van der Waals surface area contributed by atoms with Crippen LogP contribution in [0.5, 0.6) is 0 Å². The van der Waals surface area contributed by atoms with E-state index < -0.39 is 24.2 Å². The number of alkyl halides is 3. The lowest BCUT2D eigenvalue weighted by Gasteiger charge is -2.32. The van der Waals surface area contributed by atoms with E-state index in [-0.39, 0.29) is 24.3 Å². The molecule has 3 heterocycles. The van der Waals surface area contributed by atoms with Crippen molar-refractivity contribution in [3.05, 3.63) is 70.8 Å². The van der Waals surface area contributed by atoms with Gasteiger partial charge in [-0.15, -0.1) is 0 Å². The van der Waals surface area contributed by atoms with Gasteiger partial charge in [-0.2, -0.15) is 18.3 Å². The largest absolute Gasteiger partial charge is 0.467 e. The third-order valence-corrected chi connectivity index (χ3v) is 5.14.